The molecule has 0 fully saturated rings. The van der Waals surface area contributed by atoms with E-state index in [-0.39, 0.29) is 27.9 Å². The van der Waals surface area contributed by atoms with E-state index in [1.54, 1.807) is 12.1 Å². The van der Waals surface area contributed by atoms with Crippen LogP contribution in [0.1, 0.15) is 35.3 Å². The van der Waals surface area contributed by atoms with Crippen LogP contribution < -0.4 is 0 Å². The van der Waals surface area contributed by atoms with Gasteiger partial charge in [-0.2, -0.15) is 15.2 Å². The first-order chi connectivity index (χ1) is 13.9. The van der Waals surface area contributed by atoms with Crippen molar-refractivity contribution < 1.29 is 19.4 Å². The zero-order chi connectivity index (χ0) is 20.7. The smallest absolute Gasteiger partial charge is 0.338 e. The lowest BCUT2D eigenvalue weighted by Gasteiger charge is -2.18. The van der Waals surface area contributed by atoms with E-state index in [0.29, 0.717) is 17.5 Å². The number of carboxylic acids is 1. The second-order valence-corrected chi connectivity index (χ2v) is 6.68. The molecule has 0 aliphatic carbocycles. The van der Waals surface area contributed by atoms with Gasteiger partial charge in [-0.25, -0.2) is 18.9 Å². The summed E-state index contributed by atoms with van der Waals surface area (Å²) in [7, 11) is 0. The van der Waals surface area contributed by atoms with E-state index >= 15 is 0 Å². The largest absolute Gasteiger partial charge is 0.492 e. The molecule has 0 aliphatic heterocycles. The highest BCUT2D eigenvalue weighted by atomic mass is 35.5. The summed E-state index contributed by atoms with van der Waals surface area (Å²) in [6.07, 6.45) is 4.27. The minimum atomic E-state index is -1.15. The molecule has 1 atom stereocenters. The van der Waals surface area contributed by atoms with Crippen LogP contribution in [0.25, 0.3) is 17.0 Å². The minimum Gasteiger partial charge on any atom is -0.492 e. The summed E-state index contributed by atoms with van der Waals surface area (Å²) in [5.74, 6) is -2.04. The number of carbonyl (C=O) groups is 1. The zero-order valence-corrected chi connectivity index (χ0v) is 15.7. The fourth-order valence-corrected chi connectivity index (χ4v) is 3.27. The number of nitrogens with zero attached hydrogens (tertiary/aromatic N) is 6. The van der Waals surface area contributed by atoms with Gasteiger partial charge in [-0.05, 0) is 18.6 Å². The van der Waals surface area contributed by atoms with Gasteiger partial charge in [0.2, 0.25) is 5.88 Å². The average Bonchev–Trinajstić information content (AvgIpc) is 3.32. The summed E-state index contributed by atoms with van der Waals surface area (Å²) in [5, 5.41) is 28.0. The molecule has 4 aromatic rings. The summed E-state index contributed by atoms with van der Waals surface area (Å²) >= 11 is 5.84. The van der Waals surface area contributed by atoms with Gasteiger partial charge in [-0.15, -0.1) is 0 Å². The standard InChI is InChI=1S/C18H14ClFN6O3/c1-2-14(11-4-3-10(19)5-12(11)20)26-15-13(7-22-26)23-18(24-16(15)27)25-8-9(6-21-25)17(28)29/h3-8,14H,2H2,1H3,(H,28,29)(H,23,24,27). The predicted molar refractivity (Wildman–Crippen MR) is 101 cm³/mol. The number of carboxylic acid groups (broad SMARTS) is 1. The number of hydrogen-bond donors (Lipinski definition) is 2. The van der Waals surface area contributed by atoms with E-state index < -0.39 is 17.8 Å². The van der Waals surface area contributed by atoms with Crippen LogP contribution in [-0.4, -0.2) is 45.7 Å². The molecular weight excluding hydrogens is 403 g/mol. The van der Waals surface area contributed by atoms with Gasteiger partial charge in [0, 0.05) is 16.8 Å². The molecule has 0 aliphatic rings. The molecule has 29 heavy (non-hydrogen) atoms. The van der Waals surface area contributed by atoms with Crippen molar-refractivity contribution in [2.45, 2.75) is 19.4 Å². The van der Waals surface area contributed by atoms with Crippen molar-refractivity contribution in [2.75, 3.05) is 0 Å². The van der Waals surface area contributed by atoms with Gasteiger partial charge >= 0.3 is 5.97 Å². The lowest BCUT2D eigenvalue weighted by atomic mass is 10.0. The molecule has 0 radical (unpaired) electrons. The first-order valence-electron chi connectivity index (χ1n) is 8.56. The second kappa shape index (κ2) is 7.13. The van der Waals surface area contributed by atoms with Crippen LogP contribution >= 0.6 is 11.6 Å². The third-order valence-corrected chi connectivity index (χ3v) is 4.69. The summed E-state index contributed by atoms with van der Waals surface area (Å²) in [6, 6.07) is 3.86. The van der Waals surface area contributed by atoms with Gasteiger partial charge in [-0.3, -0.25) is 4.68 Å². The summed E-state index contributed by atoms with van der Waals surface area (Å²) in [5.41, 5.74) is 0.838. The maximum Gasteiger partial charge on any atom is 0.338 e. The molecule has 11 heteroatoms. The van der Waals surface area contributed by atoms with Crippen LogP contribution in [0, 0.1) is 5.82 Å². The summed E-state index contributed by atoms with van der Waals surface area (Å²) in [6.45, 7) is 1.86. The molecule has 9 nitrogen and oxygen atoms in total. The normalized spacial score (nSPS) is 12.4. The number of halogens is 2. The Kier molecular flexibility index (Phi) is 4.63. The van der Waals surface area contributed by atoms with Crippen molar-refractivity contribution in [3.05, 3.63) is 58.8 Å². The highest BCUT2D eigenvalue weighted by molar-refractivity contribution is 6.30. The van der Waals surface area contributed by atoms with Gasteiger partial charge in [-0.1, -0.05) is 24.6 Å². The van der Waals surface area contributed by atoms with Gasteiger partial charge in [0.15, 0.2) is 0 Å². The Bertz CT molecular complexity index is 1240. The van der Waals surface area contributed by atoms with Crippen molar-refractivity contribution in [1.82, 2.24) is 29.5 Å². The van der Waals surface area contributed by atoms with Crippen LogP contribution in [0.4, 0.5) is 4.39 Å². The lowest BCUT2D eigenvalue weighted by Crippen LogP contribution is -2.13. The number of aromatic hydroxyl groups is 1. The van der Waals surface area contributed by atoms with Crippen LogP contribution in [0.3, 0.4) is 0 Å². The Morgan fingerprint density at radius 2 is 2.07 bits per heavy atom. The monoisotopic (exact) mass is 416 g/mol. The van der Waals surface area contributed by atoms with Crippen LogP contribution in [0.15, 0.2) is 36.8 Å². The molecule has 2 N–H and O–H groups in total. The third-order valence-electron chi connectivity index (χ3n) is 4.45. The maximum atomic E-state index is 14.5. The van der Waals surface area contributed by atoms with Crippen molar-refractivity contribution in [3.8, 4) is 11.8 Å². The third kappa shape index (κ3) is 3.27. The average molecular weight is 417 g/mol. The van der Waals surface area contributed by atoms with Crippen molar-refractivity contribution in [3.63, 3.8) is 0 Å². The maximum absolute atomic E-state index is 14.5. The van der Waals surface area contributed by atoms with E-state index in [4.69, 9.17) is 16.7 Å². The molecule has 1 unspecified atom stereocenters. The van der Waals surface area contributed by atoms with Gasteiger partial charge in [0.25, 0.3) is 5.95 Å². The highest BCUT2D eigenvalue weighted by Gasteiger charge is 2.23. The van der Waals surface area contributed by atoms with Crippen LogP contribution in [-0.2, 0) is 0 Å². The Morgan fingerprint density at radius 3 is 2.72 bits per heavy atom. The minimum absolute atomic E-state index is 0.0206. The quantitative estimate of drug-likeness (QED) is 0.512. The molecule has 0 bridgehead atoms. The molecule has 3 heterocycles. The Balaban J connectivity index is 1.81. The van der Waals surface area contributed by atoms with Crippen molar-refractivity contribution >= 4 is 28.6 Å². The summed E-state index contributed by atoms with van der Waals surface area (Å²) < 4.78 is 17.0. The SMILES string of the molecule is CCC(c1ccc(Cl)cc1F)n1ncc2nc(-n3cc(C(=O)O)cn3)nc(O)c21. The number of rotatable bonds is 5. The Morgan fingerprint density at radius 1 is 1.28 bits per heavy atom. The van der Waals surface area contributed by atoms with Gasteiger partial charge in [0.05, 0.1) is 24.0 Å². The Labute approximate surface area is 168 Å². The van der Waals surface area contributed by atoms with E-state index in [9.17, 15) is 14.3 Å². The number of fused-ring (bicyclic) bond motifs is 1. The Hall–Kier alpha value is -3.53. The molecule has 148 valence electrons. The molecule has 1 aromatic carbocycles. The van der Waals surface area contributed by atoms with Crippen molar-refractivity contribution in [1.29, 1.82) is 0 Å². The molecule has 3 aromatic heterocycles. The number of aromatic carboxylic acids is 1. The molecule has 0 saturated carbocycles. The molecule has 0 amide bonds. The number of aromatic nitrogens is 6. The molecular formula is C18H14ClFN6O3. The van der Waals surface area contributed by atoms with Gasteiger partial charge < -0.3 is 10.2 Å². The predicted octanol–water partition coefficient (Wildman–Crippen LogP) is 3.21. The number of benzene rings is 1. The zero-order valence-electron chi connectivity index (χ0n) is 15.0. The molecule has 0 spiro atoms. The highest BCUT2D eigenvalue weighted by Crippen LogP contribution is 2.31. The van der Waals surface area contributed by atoms with E-state index in [1.165, 1.54) is 23.1 Å². The molecule has 0 saturated heterocycles. The van der Waals surface area contributed by atoms with Crippen LogP contribution in [0.2, 0.25) is 5.02 Å². The van der Waals surface area contributed by atoms with Gasteiger partial charge in [0.1, 0.15) is 16.9 Å². The van der Waals surface area contributed by atoms with E-state index in [0.717, 1.165) is 10.9 Å². The first-order valence-corrected chi connectivity index (χ1v) is 8.94. The fraction of sp³-hybridized carbons (Fsp3) is 0.167. The van der Waals surface area contributed by atoms with Crippen molar-refractivity contribution in [2.24, 2.45) is 0 Å². The topological polar surface area (TPSA) is 119 Å². The fourth-order valence-electron chi connectivity index (χ4n) is 3.11. The first kappa shape index (κ1) is 18.8. The molecule has 4 rings (SSSR count). The lowest BCUT2D eigenvalue weighted by molar-refractivity contribution is 0.0697. The van der Waals surface area contributed by atoms with E-state index in [2.05, 4.69) is 20.2 Å². The van der Waals surface area contributed by atoms with E-state index in [1.807, 2.05) is 6.92 Å². The summed E-state index contributed by atoms with van der Waals surface area (Å²) in [4.78, 5) is 19.3. The second-order valence-electron chi connectivity index (χ2n) is 6.24. The number of hydrogen-bond acceptors (Lipinski definition) is 6. The van der Waals surface area contributed by atoms with Crippen LogP contribution in [0.5, 0.6) is 5.88 Å².